The van der Waals surface area contributed by atoms with E-state index in [0.717, 1.165) is 59.3 Å². The Morgan fingerprint density at radius 3 is 1.38 bits per heavy atom. The minimum atomic E-state index is -1.15. The second kappa shape index (κ2) is 17.8. The first kappa shape index (κ1) is 42.4. The maximum absolute atomic E-state index is 13.8. The lowest BCUT2D eigenvalue weighted by molar-refractivity contribution is -0.140. The van der Waals surface area contributed by atoms with E-state index < -0.39 is 23.3 Å². The second-order valence-corrected chi connectivity index (χ2v) is 14.8. The van der Waals surface area contributed by atoms with Crippen LogP contribution in [0.3, 0.4) is 0 Å². The number of likely N-dealkylation sites (tertiary alicyclic amines) is 2. The van der Waals surface area contributed by atoms with E-state index in [1.807, 2.05) is 24.3 Å². The maximum Gasteiger partial charge on any atom is 0.407 e. The van der Waals surface area contributed by atoms with Crippen molar-refractivity contribution in [2.45, 2.75) is 61.7 Å². The summed E-state index contributed by atoms with van der Waals surface area (Å²) in [6.07, 6.45) is 6.20. The molecule has 0 saturated carbocycles. The quantitative estimate of drug-likeness (QED) is 0.171. The molecule has 18 heteroatoms. The fourth-order valence-electron chi connectivity index (χ4n) is 8.39. The first-order valence-electron chi connectivity index (χ1n) is 19.0. The number of methoxy groups -OCH3 is 2. The molecule has 4 saturated heterocycles. The lowest BCUT2D eigenvalue weighted by Gasteiger charge is -2.34. The van der Waals surface area contributed by atoms with Crippen molar-refractivity contribution in [2.24, 2.45) is 0 Å². The molecule has 0 aliphatic carbocycles. The summed E-state index contributed by atoms with van der Waals surface area (Å²) in [5.74, 6) is 1.04. The molecule has 310 valence electrons. The van der Waals surface area contributed by atoms with Crippen molar-refractivity contribution in [3.63, 3.8) is 0 Å². The number of imidazole rings is 2. The van der Waals surface area contributed by atoms with Gasteiger partial charge in [0.05, 0.1) is 63.3 Å². The summed E-state index contributed by atoms with van der Waals surface area (Å²) in [5.41, 5.74) is 3.40. The highest BCUT2D eigenvalue weighted by atomic mass is 35.5. The Balaban J connectivity index is 0.00000283. The monoisotopic (exact) mass is 838 g/mol. The number of amides is 4. The van der Waals surface area contributed by atoms with Crippen LogP contribution >= 0.6 is 24.8 Å². The van der Waals surface area contributed by atoms with E-state index in [0.29, 0.717) is 50.8 Å². The number of benzene rings is 2. The molecule has 4 aliphatic heterocycles. The Bertz CT molecular complexity index is 1930. The van der Waals surface area contributed by atoms with E-state index in [1.165, 1.54) is 14.2 Å². The second-order valence-electron chi connectivity index (χ2n) is 14.8. The highest BCUT2D eigenvalue weighted by Crippen LogP contribution is 2.37. The number of halogens is 2. The van der Waals surface area contributed by atoms with Crippen LogP contribution in [0.1, 0.15) is 62.3 Å². The van der Waals surface area contributed by atoms with Crippen molar-refractivity contribution in [3.8, 4) is 33.6 Å². The summed E-state index contributed by atoms with van der Waals surface area (Å²) in [5, 5.41) is 5.49. The molecule has 4 fully saturated rings. The normalized spacial score (nSPS) is 23.8. The van der Waals surface area contributed by atoms with E-state index >= 15 is 0 Å². The van der Waals surface area contributed by atoms with Crippen LogP contribution in [0.25, 0.3) is 33.6 Å². The molecule has 4 aliphatic rings. The fourth-order valence-corrected chi connectivity index (χ4v) is 8.39. The van der Waals surface area contributed by atoms with Crippen LogP contribution < -0.4 is 10.6 Å². The van der Waals surface area contributed by atoms with E-state index in [1.54, 1.807) is 22.2 Å². The van der Waals surface area contributed by atoms with Gasteiger partial charge in [-0.1, -0.05) is 48.5 Å². The molecule has 2 aromatic heterocycles. The Kier molecular flexibility index (Phi) is 13.0. The highest BCUT2D eigenvalue weighted by molar-refractivity contribution is 5.92. The Labute approximate surface area is 347 Å². The van der Waals surface area contributed by atoms with Crippen LogP contribution in [0.2, 0.25) is 0 Å². The molecule has 0 unspecified atom stereocenters. The maximum atomic E-state index is 13.8. The van der Waals surface area contributed by atoms with Gasteiger partial charge in [-0.05, 0) is 47.9 Å². The molecule has 4 atom stereocenters. The number of aromatic amines is 2. The Morgan fingerprint density at radius 1 is 0.655 bits per heavy atom. The van der Waals surface area contributed by atoms with Crippen molar-refractivity contribution in [3.05, 3.63) is 72.6 Å². The highest BCUT2D eigenvalue weighted by Gasteiger charge is 2.50. The van der Waals surface area contributed by atoms with Gasteiger partial charge in [-0.3, -0.25) is 9.59 Å². The molecule has 8 rings (SSSR count). The number of nitrogens with zero attached hydrogens (tertiary/aromatic N) is 4. The topological polar surface area (TPSA) is 193 Å². The lowest BCUT2D eigenvalue weighted by atomic mass is 9.96. The van der Waals surface area contributed by atoms with Gasteiger partial charge in [0.2, 0.25) is 0 Å². The number of hydrogen-bond donors (Lipinski definition) is 4. The van der Waals surface area contributed by atoms with E-state index in [9.17, 15) is 19.2 Å². The fraction of sp³-hybridized carbons (Fsp3) is 0.450. The van der Waals surface area contributed by atoms with Gasteiger partial charge >= 0.3 is 12.2 Å². The number of nitrogens with one attached hydrogen (secondary N) is 4. The van der Waals surface area contributed by atoms with Crippen LogP contribution in [0, 0.1) is 0 Å². The standard InChI is InChI=1S/C40H46N8O8.2ClH/c1-53-37(51)45-39(15-19-55-23-39)35(49)47-17-3-5-31(47)33-41-21-29(43-33)27-11-7-25(8-12-27)26-9-13-28(14-10-26)30-22-42-34(44-30)32-6-4-18-48(32)36(50)40(16-20-56-24-40)46-38(52)54-2;;/h7-14,21-22,31-32H,3-6,15-20,23-24H2,1-2H3,(H,41,43)(H,42,44)(H,45,51)(H,46,52);2*1H/t31-,32-,39+,40+;;/m0../s1. The van der Waals surface area contributed by atoms with Crippen LogP contribution in [0.5, 0.6) is 0 Å². The van der Waals surface area contributed by atoms with Crippen molar-refractivity contribution in [1.82, 2.24) is 40.4 Å². The average Bonchev–Trinajstić information content (AvgIpc) is 4.08. The van der Waals surface area contributed by atoms with Gasteiger partial charge < -0.3 is 49.3 Å². The number of aromatic nitrogens is 4. The minimum Gasteiger partial charge on any atom is -0.453 e. The summed E-state index contributed by atoms with van der Waals surface area (Å²) in [6, 6.07) is 15.9. The molecular formula is C40H48Cl2N8O8. The number of ether oxygens (including phenoxy) is 4. The average molecular weight is 840 g/mol. The zero-order valence-corrected chi connectivity index (χ0v) is 33.9. The van der Waals surface area contributed by atoms with Crippen molar-refractivity contribution < 1.29 is 38.1 Å². The summed E-state index contributed by atoms with van der Waals surface area (Å²) in [6.45, 7) is 2.10. The molecule has 58 heavy (non-hydrogen) atoms. The molecule has 4 N–H and O–H groups in total. The van der Waals surface area contributed by atoms with Gasteiger partial charge in [0.1, 0.15) is 22.7 Å². The van der Waals surface area contributed by atoms with Crippen LogP contribution in [-0.2, 0) is 28.5 Å². The summed E-state index contributed by atoms with van der Waals surface area (Å²) in [7, 11) is 2.56. The molecule has 16 nitrogen and oxygen atoms in total. The first-order chi connectivity index (χ1) is 27.2. The third-order valence-electron chi connectivity index (χ3n) is 11.5. The third-order valence-corrected chi connectivity index (χ3v) is 11.5. The first-order valence-corrected chi connectivity index (χ1v) is 19.0. The number of alkyl carbamates (subject to hydrolysis) is 2. The molecule has 0 bridgehead atoms. The molecule has 6 heterocycles. The molecule has 2 aromatic carbocycles. The summed E-state index contributed by atoms with van der Waals surface area (Å²) < 4.78 is 20.7. The van der Waals surface area contributed by atoms with E-state index in [4.69, 9.17) is 18.9 Å². The Hall–Kier alpha value is -5.16. The molecular weight excluding hydrogens is 791 g/mol. The van der Waals surface area contributed by atoms with Gasteiger partial charge in [0.15, 0.2) is 0 Å². The lowest BCUT2D eigenvalue weighted by Crippen LogP contribution is -2.60. The Morgan fingerprint density at radius 2 is 1.03 bits per heavy atom. The summed E-state index contributed by atoms with van der Waals surface area (Å²) in [4.78, 5) is 71.8. The molecule has 4 aromatic rings. The zero-order valence-electron chi connectivity index (χ0n) is 32.3. The summed E-state index contributed by atoms with van der Waals surface area (Å²) >= 11 is 0. The number of H-pyrrole nitrogens is 2. The van der Waals surface area contributed by atoms with Crippen molar-refractivity contribution in [1.29, 1.82) is 0 Å². The molecule has 0 radical (unpaired) electrons. The van der Waals surface area contributed by atoms with E-state index in [-0.39, 0.29) is 61.9 Å². The number of rotatable bonds is 9. The van der Waals surface area contributed by atoms with Gasteiger partial charge in [-0.25, -0.2) is 19.6 Å². The third kappa shape index (κ3) is 8.10. The zero-order chi connectivity index (χ0) is 38.9. The number of carbonyl (C=O) groups is 4. The van der Waals surface area contributed by atoms with Crippen molar-refractivity contribution >= 4 is 48.8 Å². The van der Waals surface area contributed by atoms with Crippen LogP contribution in [-0.4, -0.2) is 119 Å². The smallest absolute Gasteiger partial charge is 0.407 e. The predicted octanol–water partition coefficient (Wildman–Crippen LogP) is 5.33. The molecule has 0 spiro atoms. The van der Waals surface area contributed by atoms with E-state index in [2.05, 4.69) is 54.8 Å². The SMILES string of the molecule is COC(=O)N[C@]1(C(=O)N2CCC[C@H]2c2ncc(-c3ccc(-c4ccc(-c5cnc([C@@H]6CCCN6C(=O)[C@@]6(NC(=O)OC)CCOC6)[nH]5)cc4)cc3)[nH]2)CCOC1.Cl.Cl. The van der Waals surface area contributed by atoms with Gasteiger partial charge in [-0.2, -0.15) is 0 Å². The van der Waals surface area contributed by atoms with Gasteiger partial charge in [0, 0.05) is 39.1 Å². The largest absolute Gasteiger partial charge is 0.453 e. The molecule has 4 amide bonds. The number of carbonyl (C=O) groups excluding carboxylic acids is 4. The van der Waals surface area contributed by atoms with Gasteiger partial charge in [-0.15, -0.1) is 24.8 Å². The predicted molar refractivity (Wildman–Crippen MR) is 216 cm³/mol. The number of hydrogen-bond acceptors (Lipinski definition) is 10. The van der Waals surface area contributed by atoms with Crippen LogP contribution in [0.15, 0.2) is 60.9 Å². The minimum absolute atomic E-state index is 0. The van der Waals surface area contributed by atoms with Crippen molar-refractivity contribution in [2.75, 3.05) is 53.7 Å². The van der Waals surface area contributed by atoms with Gasteiger partial charge in [0.25, 0.3) is 11.8 Å². The van der Waals surface area contributed by atoms with Crippen LogP contribution in [0.4, 0.5) is 9.59 Å².